The molecule has 13 heavy (non-hydrogen) atoms. The van der Waals surface area contributed by atoms with Gasteiger partial charge in [0, 0.05) is 10.0 Å². The molecular weight excluding hydrogens is 228 g/mol. The summed E-state index contributed by atoms with van der Waals surface area (Å²) >= 11 is 3.43. The maximum atomic E-state index is 5.28. The van der Waals surface area contributed by atoms with Crippen molar-refractivity contribution in [2.24, 2.45) is 0 Å². The van der Waals surface area contributed by atoms with Crippen LogP contribution in [0.15, 0.2) is 23.2 Å². The van der Waals surface area contributed by atoms with Crippen LogP contribution >= 0.6 is 15.9 Å². The van der Waals surface area contributed by atoms with Gasteiger partial charge in [0.05, 0.1) is 7.11 Å². The molecule has 70 valence electrons. The minimum absolute atomic E-state index is 0.874. The molecule has 0 aliphatic heterocycles. The maximum Gasteiger partial charge on any atom is 0.127 e. The lowest BCUT2D eigenvalue weighted by Crippen LogP contribution is -1.92. The number of halogens is 1. The molecule has 0 aliphatic rings. The molecule has 0 radical (unpaired) electrons. The Labute approximate surface area is 87.5 Å². The molecule has 1 rings (SSSR count). The average molecular weight is 241 g/mol. The van der Waals surface area contributed by atoms with Crippen molar-refractivity contribution >= 4 is 21.5 Å². The SMILES string of the molecule is C=C(C)c1c(C)cc(Br)cc1OC. The zero-order chi connectivity index (χ0) is 10.0. The lowest BCUT2D eigenvalue weighted by atomic mass is 10.0. The van der Waals surface area contributed by atoms with Gasteiger partial charge in [0.15, 0.2) is 0 Å². The van der Waals surface area contributed by atoms with Crippen LogP contribution in [-0.4, -0.2) is 7.11 Å². The summed E-state index contributed by atoms with van der Waals surface area (Å²) in [5, 5.41) is 0. The Kier molecular flexibility index (Phi) is 3.15. The number of rotatable bonds is 2. The smallest absolute Gasteiger partial charge is 0.127 e. The van der Waals surface area contributed by atoms with Crippen LogP contribution in [0, 0.1) is 6.92 Å². The predicted octanol–water partition coefficient (Wildman–Crippen LogP) is 3.80. The van der Waals surface area contributed by atoms with Crippen molar-refractivity contribution < 1.29 is 4.74 Å². The fraction of sp³-hybridized carbons (Fsp3) is 0.273. The minimum atomic E-state index is 0.874. The maximum absolute atomic E-state index is 5.28. The van der Waals surface area contributed by atoms with Crippen molar-refractivity contribution in [1.29, 1.82) is 0 Å². The van der Waals surface area contributed by atoms with Gasteiger partial charge in [-0.1, -0.05) is 22.5 Å². The Morgan fingerprint density at radius 1 is 1.46 bits per heavy atom. The molecule has 0 amide bonds. The summed E-state index contributed by atoms with van der Waals surface area (Å²) in [4.78, 5) is 0. The van der Waals surface area contributed by atoms with Gasteiger partial charge in [0.1, 0.15) is 5.75 Å². The molecule has 2 heteroatoms. The third kappa shape index (κ3) is 2.13. The lowest BCUT2D eigenvalue weighted by molar-refractivity contribution is 0.413. The number of ether oxygens (including phenoxy) is 1. The molecule has 0 saturated carbocycles. The van der Waals surface area contributed by atoms with E-state index in [1.54, 1.807) is 7.11 Å². The third-order valence-electron chi connectivity index (χ3n) is 1.91. The van der Waals surface area contributed by atoms with Gasteiger partial charge in [-0.3, -0.25) is 0 Å². The number of hydrogen-bond acceptors (Lipinski definition) is 1. The van der Waals surface area contributed by atoms with E-state index in [0.29, 0.717) is 0 Å². The Morgan fingerprint density at radius 3 is 2.54 bits per heavy atom. The van der Waals surface area contributed by atoms with Gasteiger partial charge in [-0.2, -0.15) is 0 Å². The molecule has 0 heterocycles. The van der Waals surface area contributed by atoms with E-state index >= 15 is 0 Å². The summed E-state index contributed by atoms with van der Waals surface area (Å²) in [6, 6.07) is 4.02. The molecule has 0 bridgehead atoms. The van der Waals surface area contributed by atoms with Crippen LogP contribution < -0.4 is 4.74 Å². The molecular formula is C11H13BrO. The Morgan fingerprint density at radius 2 is 2.08 bits per heavy atom. The van der Waals surface area contributed by atoms with Crippen molar-refractivity contribution in [1.82, 2.24) is 0 Å². The largest absolute Gasteiger partial charge is 0.496 e. The first kappa shape index (κ1) is 10.3. The number of methoxy groups -OCH3 is 1. The van der Waals surface area contributed by atoms with Crippen molar-refractivity contribution in [3.8, 4) is 5.75 Å². The average Bonchev–Trinajstić information content (AvgIpc) is 2.01. The van der Waals surface area contributed by atoms with Crippen LogP contribution in [-0.2, 0) is 0 Å². The predicted molar refractivity (Wildman–Crippen MR) is 60.1 cm³/mol. The van der Waals surface area contributed by atoms with Gasteiger partial charge in [0.2, 0.25) is 0 Å². The highest BCUT2D eigenvalue weighted by Gasteiger charge is 2.07. The van der Waals surface area contributed by atoms with E-state index in [4.69, 9.17) is 4.74 Å². The van der Waals surface area contributed by atoms with Crippen molar-refractivity contribution in [2.45, 2.75) is 13.8 Å². The first-order valence-corrected chi connectivity index (χ1v) is 4.85. The fourth-order valence-electron chi connectivity index (χ4n) is 1.42. The molecule has 1 nitrogen and oxygen atoms in total. The third-order valence-corrected chi connectivity index (χ3v) is 2.37. The van der Waals surface area contributed by atoms with Crippen molar-refractivity contribution in [3.63, 3.8) is 0 Å². The first-order valence-electron chi connectivity index (χ1n) is 4.06. The van der Waals surface area contributed by atoms with Crippen LogP contribution in [0.3, 0.4) is 0 Å². The number of aryl methyl sites for hydroxylation is 1. The highest BCUT2D eigenvalue weighted by atomic mass is 79.9. The van der Waals surface area contributed by atoms with Gasteiger partial charge < -0.3 is 4.74 Å². The summed E-state index contributed by atoms with van der Waals surface area (Å²) in [7, 11) is 1.67. The number of hydrogen-bond donors (Lipinski definition) is 0. The van der Waals surface area contributed by atoms with E-state index in [1.165, 1.54) is 5.56 Å². The summed E-state index contributed by atoms with van der Waals surface area (Å²) in [6.45, 7) is 7.97. The Bertz CT molecular complexity index is 342. The number of allylic oxidation sites excluding steroid dienone is 1. The molecule has 0 aromatic heterocycles. The van der Waals surface area contributed by atoms with Crippen molar-refractivity contribution in [3.05, 3.63) is 34.3 Å². The standard InChI is InChI=1S/C11H13BrO/c1-7(2)11-8(3)5-9(12)6-10(11)13-4/h5-6H,1H2,2-4H3. The topological polar surface area (TPSA) is 9.23 Å². The summed E-state index contributed by atoms with van der Waals surface area (Å²) in [5.41, 5.74) is 3.31. The lowest BCUT2D eigenvalue weighted by Gasteiger charge is -2.11. The molecule has 0 spiro atoms. The molecule has 0 fully saturated rings. The molecule has 1 aromatic carbocycles. The quantitative estimate of drug-likeness (QED) is 0.765. The molecule has 1 aromatic rings. The Hall–Kier alpha value is -0.760. The van der Waals surface area contributed by atoms with Crippen LogP contribution in [0.25, 0.3) is 5.57 Å². The summed E-state index contributed by atoms with van der Waals surface area (Å²) < 4.78 is 6.31. The second kappa shape index (κ2) is 3.97. The summed E-state index contributed by atoms with van der Waals surface area (Å²) in [5.74, 6) is 0.874. The van der Waals surface area contributed by atoms with Crippen LogP contribution in [0.5, 0.6) is 5.75 Å². The van der Waals surface area contributed by atoms with Crippen molar-refractivity contribution in [2.75, 3.05) is 7.11 Å². The van der Waals surface area contributed by atoms with E-state index in [0.717, 1.165) is 21.4 Å². The van der Waals surface area contributed by atoms with E-state index < -0.39 is 0 Å². The van der Waals surface area contributed by atoms with Gasteiger partial charge in [-0.15, -0.1) is 0 Å². The molecule has 0 saturated heterocycles. The fourth-order valence-corrected chi connectivity index (χ4v) is 1.97. The van der Waals surface area contributed by atoms with Gasteiger partial charge in [-0.25, -0.2) is 0 Å². The zero-order valence-corrected chi connectivity index (χ0v) is 9.73. The van der Waals surface area contributed by atoms with Crippen LogP contribution in [0.4, 0.5) is 0 Å². The van der Waals surface area contributed by atoms with Gasteiger partial charge >= 0.3 is 0 Å². The van der Waals surface area contributed by atoms with E-state index in [9.17, 15) is 0 Å². The first-order chi connectivity index (χ1) is 6.06. The van der Waals surface area contributed by atoms with Gasteiger partial charge in [-0.05, 0) is 37.1 Å². The highest BCUT2D eigenvalue weighted by molar-refractivity contribution is 9.10. The normalized spacial score (nSPS) is 9.85. The van der Waals surface area contributed by atoms with Crippen LogP contribution in [0.2, 0.25) is 0 Å². The molecule has 0 N–H and O–H groups in total. The minimum Gasteiger partial charge on any atom is -0.496 e. The molecule has 0 atom stereocenters. The number of benzene rings is 1. The Balaban J connectivity index is 3.38. The van der Waals surface area contributed by atoms with E-state index in [1.807, 2.05) is 13.0 Å². The second-order valence-electron chi connectivity index (χ2n) is 3.08. The van der Waals surface area contributed by atoms with E-state index in [2.05, 4.69) is 35.5 Å². The van der Waals surface area contributed by atoms with E-state index in [-0.39, 0.29) is 0 Å². The summed E-state index contributed by atoms with van der Waals surface area (Å²) in [6.07, 6.45) is 0. The monoisotopic (exact) mass is 240 g/mol. The van der Waals surface area contributed by atoms with Crippen LogP contribution in [0.1, 0.15) is 18.1 Å². The molecule has 0 unspecified atom stereocenters. The van der Waals surface area contributed by atoms with Gasteiger partial charge in [0.25, 0.3) is 0 Å². The molecule has 0 aliphatic carbocycles. The highest BCUT2D eigenvalue weighted by Crippen LogP contribution is 2.31. The second-order valence-corrected chi connectivity index (χ2v) is 4.00. The zero-order valence-electron chi connectivity index (χ0n) is 8.15.